The molecular formula is C24H28F3N5O5. The van der Waals surface area contributed by atoms with Crippen LogP contribution in [-0.4, -0.2) is 68.1 Å². The Balaban J connectivity index is 0.000000479. The number of likely N-dealkylation sites (tertiary alicyclic amines) is 1. The van der Waals surface area contributed by atoms with Crippen LogP contribution in [0.5, 0.6) is 0 Å². The van der Waals surface area contributed by atoms with E-state index in [1.54, 1.807) is 30.7 Å². The van der Waals surface area contributed by atoms with Gasteiger partial charge in [-0.2, -0.15) is 18.2 Å². The number of aryl methyl sites for hydroxylation is 1. The number of nitrogens with one attached hydrogen (secondary N) is 1. The Morgan fingerprint density at radius 2 is 1.78 bits per heavy atom. The first-order chi connectivity index (χ1) is 17.3. The number of aliphatic carboxylic acids is 1. The Morgan fingerprint density at radius 1 is 1.16 bits per heavy atom. The molecule has 2 aromatic rings. The van der Waals surface area contributed by atoms with Crippen molar-refractivity contribution in [3.05, 3.63) is 58.0 Å². The number of carbonyl (C=O) groups excluding carboxylic acids is 2. The molecule has 37 heavy (non-hydrogen) atoms. The zero-order chi connectivity index (χ0) is 27.4. The predicted molar refractivity (Wildman–Crippen MR) is 125 cm³/mol. The van der Waals surface area contributed by atoms with Gasteiger partial charge >= 0.3 is 12.1 Å². The molecule has 0 unspecified atom stereocenters. The fourth-order valence-corrected chi connectivity index (χ4v) is 4.36. The number of carboxylic acid groups (broad SMARTS) is 1. The Hall–Kier alpha value is -3.77. The highest BCUT2D eigenvalue weighted by Gasteiger charge is 2.44. The van der Waals surface area contributed by atoms with Crippen LogP contribution in [0.15, 0.2) is 35.5 Å². The molecule has 4 rings (SSSR count). The van der Waals surface area contributed by atoms with Gasteiger partial charge in [-0.15, -0.1) is 0 Å². The fraction of sp³-hybridized carbons (Fsp3) is 0.500. The van der Waals surface area contributed by atoms with E-state index in [1.807, 2.05) is 23.3 Å². The van der Waals surface area contributed by atoms with Crippen molar-refractivity contribution in [2.75, 3.05) is 19.6 Å². The average Bonchev–Trinajstić information content (AvgIpc) is 3.19. The third kappa shape index (κ3) is 6.52. The minimum Gasteiger partial charge on any atom is -0.475 e. The van der Waals surface area contributed by atoms with Crippen LogP contribution in [0.2, 0.25) is 0 Å². The van der Waals surface area contributed by atoms with E-state index in [0.717, 1.165) is 31.6 Å². The molecule has 1 saturated heterocycles. The quantitative estimate of drug-likeness (QED) is 0.628. The van der Waals surface area contributed by atoms with Crippen LogP contribution < -0.4 is 10.9 Å². The molecule has 0 bridgehead atoms. The maximum absolute atomic E-state index is 12.7. The predicted octanol–water partition coefficient (Wildman–Crippen LogP) is 2.24. The van der Waals surface area contributed by atoms with Gasteiger partial charge in [0.2, 0.25) is 0 Å². The molecule has 2 aliphatic heterocycles. The van der Waals surface area contributed by atoms with Crippen LogP contribution in [-0.2, 0) is 16.8 Å². The van der Waals surface area contributed by atoms with E-state index < -0.39 is 17.7 Å². The van der Waals surface area contributed by atoms with Gasteiger partial charge in [-0.1, -0.05) is 13.8 Å². The number of pyridine rings is 1. The van der Waals surface area contributed by atoms with Crippen LogP contribution in [0.3, 0.4) is 0 Å². The number of halogens is 3. The second kappa shape index (κ2) is 11.1. The lowest BCUT2D eigenvalue weighted by Gasteiger charge is -2.38. The van der Waals surface area contributed by atoms with Crippen LogP contribution >= 0.6 is 0 Å². The molecule has 1 fully saturated rings. The van der Waals surface area contributed by atoms with Crippen LogP contribution in [0.25, 0.3) is 0 Å². The molecule has 2 aliphatic rings. The summed E-state index contributed by atoms with van der Waals surface area (Å²) in [7, 11) is 0. The van der Waals surface area contributed by atoms with Crippen LogP contribution in [0.1, 0.15) is 59.7 Å². The monoisotopic (exact) mass is 523 g/mol. The summed E-state index contributed by atoms with van der Waals surface area (Å²) < 4.78 is 33.7. The Bertz CT molecular complexity index is 1210. The number of aromatic nitrogens is 3. The number of amides is 2. The van der Waals surface area contributed by atoms with E-state index in [-0.39, 0.29) is 22.8 Å². The first-order valence-corrected chi connectivity index (χ1v) is 11.7. The highest BCUT2D eigenvalue weighted by atomic mass is 19.4. The molecule has 13 heteroatoms. The number of alkyl halides is 3. The molecule has 0 aromatic carbocycles. The average molecular weight is 524 g/mol. The lowest BCUT2D eigenvalue weighted by atomic mass is 9.76. The van der Waals surface area contributed by atoms with Crippen molar-refractivity contribution in [1.82, 2.24) is 24.8 Å². The molecular weight excluding hydrogens is 495 g/mol. The van der Waals surface area contributed by atoms with Gasteiger partial charge in [0, 0.05) is 50.2 Å². The number of piperidine rings is 1. The number of carbonyl (C=O) groups is 3. The van der Waals surface area contributed by atoms with E-state index >= 15 is 0 Å². The summed E-state index contributed by atoms with van der Waals surface area (Å²) in [6, 6.07) is 3.54. The molecule has 10 nitrogen and oxygen atoms in total. The lowest BCUT2D eigenvalue weighted by molar-refractivity contribution is -0.192. The largest absolute Gasteiger partial charge is 0.490 e. The van der Waals surface area contributed by atoms with Gasteiger partial charge in [0.15, 0.2) is 0 Å². The number of rotatable bonds is 4. The fourth-order valence-electron chi connectivity index (χ4n) is 4.36. The molecule has 0 radical (unpaired) electrons. The SMILES string of the molecule is CC(C)CNC(=O)c1cn2c(nc1=O)C1(CCN(C(=O)c3cccnc3)CC1)CC2.O=C(O)C(F)(F)F. The molecule has 2 N–H and O–H groups in total. The third-order valence-electron chi connectivity index (χ3n) is 6.37. The Morgan fingerprint density at radius 3 is 2.32 bits per heavy atom. The van der Waals surface area contributed by atoms with Gasteiger partial charge < -0.3 is 19.9 Å². The summed E-state index contributed by atoms with van der Waals surface area (Å²) >= 11 is 0. The van der Waals surface area contributed by atoms with Crippen molar-refractivity contribution >= 4 is 17.8 Å². The first kappa shape index (κ1) is 27.8. The maximum atomic E-state index is 12.7. The molecule has 2 amide bonds. The number of fused-ring (bicyclic) bond motifs is 2. The Labute approximate surface area is 210 Å². The highest BCUT2D eigenvalue weighted by molar-refractivity contribution is 5.94. The minimum absolute atomic E-state index is 0.0153. The van der Waals surface area contributed by atoms with Gasteiger partial charge in [-0.25, -0.2) is 4.79 Å². The summed E-state index contributed by atoms with van der Waals surface area (Å²) in [4.78, 5) is 56.8. The summed E-state index contributed by atoms with van der Waals surface area (Å²) in [5.74, 6) is -2.08. The van der Waals surface area contributed by atoms with E-state index in [2.05, 4.69) is 15.3 Å². The van der Waals surface area contributed by atoms with Crippen molar-refractivity contribution in [2.24, 2.45) is 5.92 Å². The molecule has 0 atom stereocenters. The minimum atomic E-state index is -5.08. The number of hydrogen-bond donors (Lipinski definition) is 2. The van der Waals surface area contributed by atoms with E-state index in [1.165, 1.54) is 0 Å². The topological polar surface area (TPSA) is 134 Å². The second-order valence-corrected chi connectivity index (χ2v) is 9.45. The summed E-state index contributed by atoms with van der Waals surface area (Å²) in [5.41, 5.74) is 0.00242. The summed E-state index contributed by atoms with van der Waals surface area (Å²) in [5, 5.41) is 9.92. The molecule has 0 aliphatic carbocycles. The zero-order valence-electron chi connectivity index (χ0n) is 20.4. The van der Waals surface area contributed by atoms with Gasteiger partial charge in [-0.05, 0) is 37.3 Å². The molecule has 1 spiro atoms. The van der Waals surface area contributed by atoms with Crippen molar-refractivity contribution < 1.29 is 32.7 Å². The van der Waals surface area contributed by atoms with Crippen molar-refractivity contribution in [1.29, 1.82) is 0 Å². The first-order valence-electron chi connectivity index (χ1n) is 11.7. The van der Waals surface area contributed by atoms with Crippen molar-refractivity contribution in [3.8, 4) is 0 Å². The molecule has 200 valence electrons. The highest BCUT2D eigenvalue weighted by Crippen LogP contribution is 2.42. The smallest absolute Gasteiger partial charge is 0.475 e. The van der Waals surface area contributed by atoms with Gasteiger partial charge in [0.1, 0.15) is 11.4 Å². The molecule has 0 saturated carbocycles. The number of nitrogens with zero attached hydrogens (tertiary/aromatic N) is 4. The Kier molecular flexibility index (Phi) is 8.34. The van der Waals surface area contributed by atoms with Crippen molar-refractivity contribution in [2.45, 2.75) is 51.2 Å². The van der Waals surface area contributed by atoms with Gasteiger partial charge in [0.25, 0.3) is 17.4 Å². The third-order valence-corrected chi connectivity index (χ3v) is 6.37. The standard InChI is InChI=1S/C22H27N5O3.C2HF3O2/c1-15(2)12-24-18(28)17-14-27-11-7-22(21(27)25-19(17)29)5-9-26(10-6-22)20(30)16-4-3-8-23-13-16;3-2(4,5)1(6)7/h3-4,8,13-15H,5-7,9-12H2,1-2H3,(H,24,28);(H,6,7). The number of carboxylic acids is 1. The normalized spacial score (nSPS) is 16.1. The second-order valence-electron chi connectivity index (χ2n) is 9.45. The number of hydrogen-bond acceptors (Lipinski definition) is 6. The molecule has 4 heterocycles. The van der Waals surface area contributed by atoms with Crippen LogP contribution in [0.4, 0.5) is 13.2 Å². The molecule has 2 aromatic heterocycles. The van der Waals surface area contributed by atoms with Gasteiger partial charge in [0.05, 0.1) is 5.56 Å². The van der Waals surface area contributed by atoms with E-state index in [4.69, 9.17) is 9.90 Å². The lowest BCUT2D eigenvalue weighted by Crippen LogP contribution is -2.45. The van der Waals surface area contributed by atoms with Gasteiger partial charge in [-0.3, -0.25) is 19.4 Å². The summed E-state index contributed by atoms with van der Waals surface area (Å²) in [6.45, 7) is 6.47. The zero-order valence-corrected chi connectivity index (χ0v) is 20.4. The maximum Gasteiger partial charge on any atom is 0.490 e. The van der Waals surface area contributed by atoms with Crippen LogP contribution in [0, 0.1) is 5.92 Å². The van der Waals surface area contributed by atoms with Crippen molar-refractivity contribution in [3.63, 3.8) is 0 Å². The summed E-state index contributed by atoms with van der Waals surface area (Å²) in [6.07, 6.45) is 2.19. The van der Waals surface area contributed by atoms with E-state index in [9.17, 15) is 27.6 Å². The van der Waals surface area contributed by atoms with E-state index in [0.29, 0.717) is 31.1 Å².